The summed E-state index contributed by atoms with van der Waals surface area (Å²) < 4.78 is 16.0. The molecule has 3 rings (SSSR count). The Morgan fingerprint density at radius 3 is 2.41 bits per heavy atom. The van der Waals surface area contributed by atoms with Crippen molar-refractivity contribution in [1.29, 1.82) is 0 Å². The molecule has 8 heteroatoms. The first-order valence-corrected chi connectivity index (χ1v) is 10.4. The number of carbonyl (C=O) groups is 2. The molecule has 0 fully saturated rings. The largest absolute Gasteiger partial charge is 0.493 e. The van der Waals surface area contributed by atoms with Gasteiger partial charge in [0, 0.05) is 18.8 Å². The molecule has 0 aliphatic carbocycles. The smallest absolute Gasteiger partial charge is 0.338 e. The Morgan fingerprint density at radius 2 is 1.75 bits per heavy atom. The fourth-order valence-corrected chi connectivity index (χ4v) is 3.70. The molecule has 0 spiro atoms. The van der Waals surface area contributed by atoms with Gasteiger partial charge in [-0.3, -0.25) is 4.90 Å². The summed E-state index contributed by atoms with van der Waals surface area (Å²) in [6, 6.07) is 14.1. The van der Waals surface area contributed by atoms with Gasteiger partial charge in [-0.1, -0.05) is 36.4 Å². The molecule has 2 aromatic carbocycles. The average molecular weight is 440 g/mol. The topological polar surface area (TPSA) is 89.1 Å². The van der Waals surface area contributed by atoms with Crippen molar-refractivity contribution in [3.05, 3.63) is 70.9 Å². The van der Waals surface area contributed by atoms with Crippen molar-refractivity contribution >= 4 is 12.0 Å². The number of hydrogen-bond donors (Lipinski definition) is 2. The Balaban J connectivity index is 1.89. The monoisotopic (exact) mass is 439 g/mol. The molecule has 0 unspecified atom stereocenters. The van der Waals surface area contributed by atoms with E-state index < -0.39 is 12.0 Å². The molecule has 1 aliphatic heterocycles. The Morgan fingerprint density at radius 1 is 1.03 bits per heavy atom. The van der Waals surface area contributed by atoms with Gasteiger partial charge < -0.3 is 24.8 Å². The third-order valence-electron chi connectivity index (χ3n) is 5.11. The van der Waals surface area contributed by atoms with Crippen LogP contribution < -0.4 is 20.1 Å². The molecular formula is C24H29N3O5. The van der Waals surface area contributed by atoms with Gasteiger partial charge in [0.05, 0.1) is 32.4 Å². The number of benzene rings is 2. The number of likely N-dealkylation sites (N-methyl/N-ethyl adjacent to an activating group) is 1. The quantitative estimate of drug-likeness (QED) is 0.584. The molecule has 2 aromatic rings. The third-order valence-corrected chi connectivity index (χ3v) is 5.11. The second kappa shape index (κ2) is 10.7. The van der Waals surface area contributed by atoms with E-state index in [1.54, 1.807) is 21.1 Å². The van der Waals surface area contributed by atoms with Gasteiger partial charge in [0.25, 0.3) is 0 Å². The van der Waals surface area contributed by atoms with Crippen molar-refractivity contribution in [2.45, 2.75) is 19.5 Å². The summed E-state index contributed by atoms with van der Waals surface area (Å²) in [5, 5.41) is 5.65. The summed E-state index contributed by atoms with van der Waals surface area (Å²) in [6.45, 7) is 2.92. The molecule has 32 heavy (non-hydrogen) atoms. The SMILES string of the molecule is CCOC(=O)C1=C(CN(C)Cc2ccc(OC)c(OC)c2)NC(=O)N[C@@H]1c1ccccc1. The van der Waals surface area contributed by atoms with E-state index in [0.717, 1.165) is 11.1 Å². The minimum atomic E-state index is -0.589. The Labute approximate surface area is 188 Å². The molecule has 0 saturated heterocycles. The van der Waals surface area contributed by atoms with Crippen LogP contribution >= 0.6 is 0 Å². The van der Waals surface area contributed by atoms with Crippen molar-refractivity contribution in [1.82, 2.24) is 15.5 Å². The maximum atomic E-state index is 12.9. The number of methoxy groups -OCH3 is 2. The molecule has 0 radical (unpaired) electrons. The van der Waals surface area contributed by atoms with E-state index >= 15 is 0 Å². The van der Waals surface area contributed by atoms with Gasteiger partial charge in [-0.25, -0.2) is 9.59 Å². The van der Waals surface area contributed by atoms with Crippen molar-refractivity contribution in [2.75, 3.05) is 34.4 Å². The molecule has 1 atom stereocenters. The van der Waals surface area contributed by atoms with Crippen molar-refractivity contribution < 1.29 is 23.8 Å². The van der Waals surface area contributed by atoms with Crippen molar-refractivity contribution in [3.63, 3.8) is 0 Å². The minimum Gasteiger partial charge on any atom is -0.493 e. The molecule has 0 aromatic heterocycles. The Kier molecular flexibility index (Phi) is 7.72. The lowest BCUT2D eigenvalue weighted by atomic mass is 9.95. The lowest BCUT2D eigenvalue weighted by Gasteiger charge is -2.31. The van der Waals surface area contributed by atoms with Crippen LogP contribution in [0.4, 0.5) is 4.79 Å². The van der Waals surface area contributed by atoms with Crippen LogP contribution in [-0.2, 0) is 16.1 Å². The molecule has 170 valence electrons. The highest BCUT2D eigenvalue weighted by atomic mass is 16.5. The summed E-state index contributed by atoms with van der Waals surface area (Å²) in [7, 11) is 5.10. The van der Waals surface area contributed by atoms with Crippen LogP contribution in [-0.4, -0.2) is 51.3 Å². The lowest BCUT2D eigenvalue weighted by molar-refractivity contribution is -0.139. The highest BCUT2D eigenvalue weighted by molar-refractivity contribution is 5.95. The molecule has 2 amide bonds. The molecule has 1 aliphatic rings. The molecule has 1 heterocycles. The fourth-order valence-electron chi connectivity index (χ4n) is 3.70. The van der Waals surface area contributed by atoms with Gasteiger partial charge >= 0.3 is 12.0 Å². The average Bonchev–Trinajstić information content (AvgIpc) is 2.79. The maximum absolute atomic E-state index is 12.9. The van der Waals surface area contributed by atoms with E-state index in [0.29, 0.717) is 35.9 Å². The highest BCUT2D eigenvalue weighted by Crippen LogP contribution is 2.30. The first-order valence-electron chi connectivity index (χ1n) is 10.4. The lowest BCUT2D eigenvalue weighted by Crippen LogP contribution is -2.48. The van der Waals surface area contributed by atoms with Crippen LogP contribution in [0.2, 0.25) is 0 Å². The summed E-state index contributed by atoms with van der Waals surface area (Å²) in [5.74, 6) is 0.843. The zero-order valence-electron chi connectivity index (χ0n) is 18.8. The number of carbonyl (C=O) groups excluding carboxylic acids is 2. The van der Waals surface area contributed by atoms with Crippen molar-refractivity contribution in [3.8, 4) is 11.5 Å². The second-order valence-electron chi connectivity index (χ2n) is 7.42. The zero-order valence-corrected chi connectivity index (χ0v) is 18.8. The third kappa shape index (κ3) is 5.39. The summed E-state index contributed by atoms with van der Waals surface area (Å²) in [4.78, 5) is 27.3. The molecule has 0 saturated carbocycles. The van der Waals surface area contributed by atoms with Crippen LogP contribution in [0.25, 0.3) is 0 Å². The number of rotatable bonds is 9. The Bertz CT molecular complexity index is 990. The van der Waals surface area contributed by atoms with Crippen LogP contribution in [0.5, 0.6) is 11.5 Å². The maximum Gasteiger partial charge on any atom is 0.338 e. The van der Waals surface area contributed by atoms with Gasteiger partial charge in [0.1, 0.15) is 0 Å². The fraction of sp³-hybridized carbons (Fsp3) is 0.333. The van der Waals surface area contributed by atoms with Crippen LogP contribution in [0.3, 0.4) is 0 Å². The zero-order chi connectivity index (χ0) is 23.1. The number of amides is 2. The van der Waals surface area contributed by atoms with Crippen molar-refractivity contribution in [2.24, 2.45) is 0 Å². The number of ether oxygens (including phenoxy) is 3. The Hall–Kier alpha value is -3.52. The van der Waals surface area contributed by atoms with E-state index in [-0.39, 0.29) is 12.6 Å². The molecular weight excluding hydrogens is 410 g/mol. The molecule has 0 bridgehead atoms. The standard InChI is InChI=1S/C24H29N3O5/c1-5-32-23(28)21-18(25-24(29)26-22(21)17-9-7-6-8-10-17)15-27(2)14-16-11-12-19(30-3)20(13-16)31-4/h6-13,22H,5,14-15H2,1-4H3,(H2,25,26,29)/t22-/m1/s1. The summed E-state index contributed by atoms with van der Waals surface area (Å²) >= 11 is 0. The predicted molar refractivity (Wildman–Crippen MR) is 120 cm³/mol. The first kappa shape index (κ1) is 23.1. The van der Waals surface area contributed by atoms with Crippen LogP contribution in [0.1, 0.15) is 24.1 Å². The van der Waals surface area contributed by atoms with Crippen LogP contribution in [0, 0.1) is 0 Å². The molecule has 8 nitrogen and oxygen atoms in total. The highest BCUT2D eigenvalue weighted by Gasteiger charge is 2.33. The van der Waals surface area contributed by atoms with Gasteiger partial charge in [0.2, 0.25) is 0 Å². The van der Waals surface area contributed by atoms with Gasteiger partial charge in [-0.05, 0) is 37.2 Å². The van der Waals surface area contributed by atoms with E-state index in [4.69, 9.17) is 14.2 Å². The van der Waals surface area contributed by atoms with Crippen LogP contribution in [0.15, 0.2) is 59.8 Å². The van der Waals surface area contributed by atoms with Gasteiger partial charge in [-0.2, -0.15) is 0 Å². The number of nitrogens with one attached hydrogen (secondary N) is 2. The second-order valence-corrected chi connectivity index (χ2v) is 7.42. The van der Waals surface area contributed by atoms with Gasteiger partial charge in [0.15, 0.2) is 11.5 Å². The predicted octanol–water partition coefficient (Wildman–Crippen LogP) is 3.01. The summed E-state index contributed by atoms with van der Waals surface area (Å²) in [5.41, 5.74) is 2.73. The minimum absolute atomic E-state index is 0.243. The van der Waals surface area contributed by atoms with E-state index in [2.05, 4.69) is 10.6 Å². The normalized spacial score (nSPS) is 15.8. The number of nitrogens with zero attached hydrogens (tertiary/aromatic N) is 1. The van der Waals surface area contributed by atoms with E-state index in [1.165, 1.54) is 0 Å². The molecule has 2 N–H and O–H groups in total. The number of hydrogen-bond acceptors (Lipinski definition) is 6. The number of esters is 1. The van der Waals surface area contributed by atoms with E-state index in [1.807, 2.05) is 60.5 Å². The van der Waals surface area contributed by atoms with E-state index in [9.17, 15) is 9.59 Å². The summed E-state index contributed by atoms with van der Waals surface area (Å²) in [6.07, 6.45) is 0. The first-order chi connectivity index (χ1) is 15.5. The number of urea groups is 1. The van der Waals surface area contributed by atoms with Gasteiger partial charge in [-0.15, -0.1) is 0 Å².